The number of hydrogen-bond acceptors (Lipinski definition) is 1. The number of carbonyl (C=O) groups excluding carboxylic acids is 1. The molecule has 0 amide bonds. The Kier molecular flexibility index (Phi) is 11.6. The van der Waals surface area contributed by atoms with Gasteiger partial charge in [-0.1, -0.05) is 43.0 Å². The van der Waals surface area contributed by atoms with Gasteiger partial charge in [-0.25, -0.2) is 0 Å². The summed E-state index contributed by atoms with van der Waals surface area (Å²) in [5, 5.41) is 0. The summed E-state index contributed by atoms with van der Waals surface area (Å²) in [4.78, 5) is 8.00. The van der Waals surface area contributed by atoms with Gasteiger partial charge in [0, 0.05) is 29.6 Å². The van der Waals surface area contributed by atoms with E-state index >= 15 is 0 Å². The minimum Gasteiger partial charge on any atom is -0.307 e. The minimum absolute atomic E-state index is 0. The van der Waals surface area contributed by atoms with E-state index in [1.165, 1.54) is 5.56 Å². The van der Waals surface area contributed by atoms with E-state index < -0.39 is 0 Å². The molecule has 1 nitrogen and oxygen atoms in total. The summed E-state index contributed by atoms with van der Waals surface area (Å²) in [7, 11) is 0. The third kappa shape index (κ3) is 6.05. The van der Waals surface area contributed by atoms with Gasteiger partial charge in [-0.15, -0.1) is 0 Å². The van der Waals surface area contributed by atoms with Gasteiger partial charge in [0.15, 0.2) is 0 Å². The minimum atomic E-state index is 0. The molecule has 0 fully saturated rings. The first-order valence-corrected chi connectivity index (χ1v) is 2.90. The second-order valence-electron chi connectivity index (χ2n) is 1.61. The second-order valence-corrected chi connectivity index (χ2v) is 1.61. The fourth-order valence-electron chi connectivity index (χ4n) is 0.589. The molecule has 1 aromatic carbocycles. The maximum atomic E-state index is 8.00. The van der Waals surface area contributed by atoms with E-state index in [0.717, 1.165) is 0 Å². The van der Waals surface area contributed by atoms with E-state index in [-0.39, 0.29) is 29.6 Å². The van der Waals surface area contributed by atoms with Crippen molar-refractivity contribution >= 4 is 42.4 Å². The Hall–Kier alpha value is -0.370. The molecule has 1 rings (SSSR count). The van der Waals surface area contributed by atoms with Crippen molar-refractivity contribution in [2.75, 3.05) is 0 Å². The van der Waals surface area contributed by atoms with Gasteiger partial charge in [0.05, 0.1) is 0 Å². The first-order chi connectivity index (χ1) is 4.93. The van der Waals surface area contributed by atoms with Crippen LogP contribution in [0.1, 0.15) is 5.56 Å². The third-order valence-electron chi connectivity index (χ3n) is 1.04. The smallest absolute Gasteiger partial charge is 0.106 e. The molecule has 0 aliphatic carbocycles. The van der Waals surface area contributed by atoms with Gasteiger partial charge in [0.25, 0.3) is 0 Å². The van der Waals surface area contributed by atoms with Crippen molar-refractivity contribution in [1.82, 2.24) is 0 Å². The predicted octanol–water partition coefficient (Wildman–Crippen LogP) is 1.76. The van der Waals surface area contributed by atoms with Gasteiger partial charge in [-0.3, -0.25) is 0 Å². The van der Waals surface area contributed by atoms with Crippen molar-refractivity contribution in [3.8, 4) is 0 Å². The van der Waals surface area contributed by atoms with Crippen LogP contribution in [0.15, 0.2) is 36.9 Å². The Balaban J connectivity index is 0. The Morgan fingerprint density at radius 1 is 1.09 bits per heavy atom. The zero-order valence-corrected chi connectivity index (χ0v) is 8.79. The van der Waals surface area contributed by atoms with Crippen molar-refractivity contribution < 1.29 is 4.79 Å². The first kappa shape index (κ1) is 13.2. The summed E-state index contributed by atoms with van der Waals surface area (Å²) in [5.41, 5.74) is 1.17. The molecule has 0 bridgehead atoms. The van der Waals surface area contributed by atoms with Crippen molar-refractivity contribution in [3.05, 3.63) is 42.5 Å². The molecule has 0 unspecified atom stereocenters. The molecule has 1 aromatic rings. The van der Waals surface area contributed by atoms with Crippen LogP contribution in [0.25, 0.3) is 6.08 Å². The molecule has 0 atom stereocenters. The van der Waals surface area contributed by atoms with Gasteiger partial charge in [0.1, 0.15) is 6.79 Å². The van der Waals surface area contributed by atoms with E-state index in [1.807, 2.05) is 43.2 Å². The van der Waals surface area contributed by atoms with Crippen LogP contribution in [0, 0.1) is 0 Å². The van der Waals surface area contributed by atoms with Crippen molar-refractivity contribution in [2.45, 2.75) is 0 Å². The molecule has 2 heteroatoms. The maximum absolute atomic E-state index is 8.00. The van der Waals surface area contributed by atoms with Crippen LogP contribution in [-0.4, -0.2) is 36.3 Å². The quantitative estimate of drug-likeness (QED) is 0.568. The predicted molar refractivity (Wildman–Crippen MR) is 49.4 cm³/mol. The maximum Gasteiger partial charge on any atom is 0.106 e. The van der Waals surface area contributed by atoms with E-state index in [9.17, 15) is 0 Å². The molecule has 0 spiro atoms. The van der Waals surface area contributed by atoms with Gasteiger partial charge >= 0.3 is 0 Å². The normalized spacial score (nSPS) is 6.55. The number of rotatable bonds is 1. The average Bonchev–Trinajstić information content (AvgIpc) is 2.10. The fourth-order valence-corrected chi connectivity index (χ4v) is 0.589. The number of benzene rings is 1. The van der Waals surface area contributed by atoms with E-state index in [2.05, 4.69) is 6.58 Å². The number of carbonyl (C=O) groups is 1. The Bertz CT molecular complexity index is 184. The summed E-state index contributed by atoms with van der Waals surface area (Å²) in [5.74, 6) is 0. The molecule has 11 heavy (non-hydrogen) atoms. The van der Waals surface area contributed by atoms with E-state index in [1.54, 1.807) is 0 Å². The van der Waals surface area contributed by atoms with Crippen molar-refractivity contribution in [2.24, 2.45) is 0 Å². The standard InChI is InChI=1S/C8H8.CH2O.Na/c1-2-8-6-4-3-5-7-8;1-2;/h2-7H,1H2;1H2;. The molecule has 0 aromatic heterocycles. The zero-order valence-electron chi connectivity index (χ0n) is 6.79. The molecule has 0 aliphatic rings. The van der Waals surface area contributed by atoms with Gasteiger partial charge in [-0.05, 0) is 5.56 Å². The molecule has 0 saturated carbocycles. The Labute approximate surface area is 89.4 Å². The van der Waals surface area contributed by atoms with Gasteiger partial charge in [0.2, 0.25) is 0 Å². The van der Waals surface area contributed by atoms with Gasteiger partial charge < -0.3 is 4.79 Å². The van der Waals surface area contributed by atoms with Crippen molar-refractivity contribution in [3.63, 3.8) is 0 Å². The van der Waals surface area contributed by atoms with Crippen LogP contribution in [0.3, 0.4) is 0 Å². The van der Waals surface area contributed by atoms with Crippen LogP contribution in [-0.2, 0) is 4.79 Å². The van der Waals surface area contributed by atoms with Crippen LogP contribution >= 0.6 is 0 Å². The fraction of sp³-hybridized carbons (Fsp3) is 0. The van der Waals surface area contributed by atoms with Crippen LogP contribution in [0.4, 0.5) is 0 Å². The van der Waals surface area contributed by atoms with Crippen LogP contribution < -0.4 is 0 Å². The summed E-state index contributed by atoms with van der Waals surface area (Å²) >= 11 is 0. The van der Waals surface area contributed by atoms with Crippen LogP contribution in [0.5, 0.6) is 0 Å². The van der Waals surface area contributed by atoms with E-state index in [4.69, 9.17) is 4.79 Å². The molecular formula is C9H10NaO. The largest absolute Gasteiger partial charge is 0.307 e. The topological polar surface area (TPSA) is 17.1 Å². The number of hydrogen-bond donors (Lipinski definition) is 0. The molecule has 0 heterocycles. The summed E-state index contributed by atoms with van der Waals surface area (Å²) in [6.45, 7) is 5.63. The molecule has 0 N–H and O–H groups in total. The SMILES string of the molecule is C=Cc1ccccc1.C=O.[Na]. The van der Waals surface area contributed by atoms with Crippen LogP contribution in [0.2, 0.25) is 0 Å². The Morgan fingerprint density at radius 2 is 1.55 bits per heavy atom. The monoisotopic (exact) mass is 157 g/mol. The molecular weight excluding hydrogens is 147 g/mol. The summed E-state index contributed by atoms with van der Waals surface area (Å²) in [6, 6.07) is 10.0. The molecule has 0 aliphatic heterocycles. The molecule has 53 valence electrons. The van der Waals surface area contributed by atoms with Crippen molar-refractivity contribution in [1.29, 1.82) is 0 Å². The molecule has 0 saturated heterocycles. The Morgan fingerprint density at radius 3 is 1.82 bits per heavy atom. The third-order valence-corrected chi connectivity index (χ3v) is 1.04. The molecule has 1 radical (unpaired) electrons. The van der Waals surface area contributed by atoms with Gasteiger partial charge in [-0.2, -0.15) is 0 Å². The summed E-state index contributed by atoms with van der Waals surface area (Å²) in [6.07, 6.45) is 1.83. The average molecular weight is 157 g/mol. The summed E-state index contributed by atoms with van der Waals surface area (Å²) < 4.78 is 0. The van der Waals surface area contributed by atoms with E-state index in [0.29, 0.717) is 0 Å². The zero-order chi connectivity index (χ0) is 7.82. The first-order valence-electron chi connectivity index (χ1n) is 2.90. The second kappa shape index (κ2) is 9.63.